The molecule has 1 heterocycles. The third-order valence-corrected chi connectivity index (χ3v) is 3.00. The Morgan fingerprint density at radius 2 is 2.25 bits per heavy atom. The highest BCUT2D eigenvalue weighted by atomic mass is 16.4. The molecule has 4 heteroatoms. The Morgan fingerprint density at radius 3 is 2.69 bits per heavy atom. The maximum atomic E-state index is 10.8. The average Bonchev–Trinajstić information content (AvgIpc) is 2.77. The van der Waals surface area contributed by atoms with Crippen molar-refractivity contribution in [2.24, 2.45) is 0 Å². The molecule has 0 saturated heterocycles. The topological polar surface area (TPSA) is 53.7 Å². The number of rotatable bonds is 6. The number of aliphatic carboxylic acids is 1. The molecule has 0 radical (unpaired) electrons. The molecule has 0 aliphatic heterocycles. The van der Waals surface area contributed by atoms with Gasteiger partial charge in [-0.05, 0) is 26.3 Å². The lowest BCUT2D eigenvalue weighted by Gasteiger charge is -2.32. The van der Waals surface area contributed by atoms with Crippen LogP contribution in [0.3, 0.4) is 0 Å². The predicted octanol–water partition coefficient (Wildman–Crippen LogP) is 2.53. The van der Waals surface area contributed by atoms with E-state index in [0.29, 0.717) is 0 Å². The normalized spacial score (nSPS) is 15.0. The molecule has 0 amide bonds. The van der Waals surface area contributed by atoms with Crippen LogP contribution in [-0.2, 0) is 4.79 Å². The highest BCUT2D eigenvalue weighted by molar-refractivity contribution is 5.69. The second-order valence-electron chi connectivity index (χ2n) is 4.06. The fourth-order valence-electron chi connectivity index (χ4n) is 1.77. The lowest BCUT2D eigenvalue weighted by Crippen LogP contribution is -2.38. The van der Waals surface area contributed by atoms with Crippen LogP contribution in [0.5, 0.6) is 0 Å². The summed E-state index contributed by atoms with van der Waals surface area (Å²) in [5.74, 6) is -0.796. The van der Waals surface area contributed by atoms with Crippen LogP contribution in [0, 0.1) is 0 Å². The molecular formula is C12H19NO3. The Morgan fingerprint density at radius 1 is 1.56 bits per heavy atom. The minimum atomic E-state index is -0.796. The van der Waals surface area contributed by atoms with Crippen molar-refractivity contribution in [3.63, 3.8) is 0 Å². The monoisotopic (exact) mass is 225 g/mol. The number of carboxylic acid groups (broad SMARTS) is 1. The van der Waals surface area contributed by atoms with Gasteiger partial charge >= 0.3 is 5.97 Å². The van der Waals surface area contributed by atoms with Gasteiger partial charge in [0.05, 0.1) is 19.1 Å². The first kappa shape index (κ1) is 12.8. The number of carboxylic acids is 1. The number of furan rings is 1. The molecule has 2 unspecified atom stereocenters. The molecule has 1 aromatic heterocycles. The van der Waals surface area contributed by atoms with Crippen molar-refractivity contribution in [3.8, 4) is 0 Å². The molecule has 2 atom stereocenters. The van der Waals surface area contributed by atoms with Gasteiger partial charge < -0.3 is 9.52 Å². The van der Waals surface area contributed by atoms with Crippen LogP contribution >= 0.6 is 0 Å². The van der Waals surface area contributed by atoms with Crippen LogP contribution in [0.25, 0.3) is 0 Å². The first-order chi connectivity index (χ1) is 7.56. The van der Waals surface area contributed by atoms with Gasteiger partial charge in [-0.3, -0.25) is 9.69 Å². The summed E-state index contributed by atoms with van der Waals surface area (Å²) >= 11 is 0. The van der Waals surface area contributed by atoms with E-state index in [2.05, 4.69) is 6.92 Å². The molecule has 1 aromatic rings. The molecule has 0 bridgehead atoms. The van der Waals surface area contributed by atoms with Crippen molar-refractivity contribution in [3.05, 3.63) is 24.2 Å². The van der Waals surface area contributed by atoms with Crippen molar-refractivity contribution in [1.82, 2.24) is 4.90 Å². The number of carbonyl (C=O) groups is 1. The highest BCUT2D eigenvalue weighted by Gasteiger charge is 2.23. The minimum absolute atomic E-state index is 0.0569. The van der Waals surface area contributed by atoms with Gasteiger partial charge in [0.2, 0.25) is 0 Å². The van der Waals surface area contributed by atoms with Gasteiger partial charge in [-0.25, -0.2) is 0 Å². The zero-order chi connectivity index (χ0) is 12.1. The maximum absolute atomic E-state index is 10.8. The summed E-state index contributed by atoms with van der Waals surface area (Å²) in [6.07, 6.45) is 4.21. The molecule has 90 valence electrons. The molecule has 1 rings (SSSR count). The Balaban J connectivity index is 2.79. The van der Waals surface area contributed by atoms with E-state index in [1.165, 1.54) is 0 Å². The van der Waals surface area contributed by atoms with Crippen LogP contribution in [0.4, 0.5) is 0 Å². The largest absolute Gasteiger partial charge is 0.480 e. The van der Waals surface area contributed by atoms with E-state index in [1.807, 2.05) is 24.8 Å². The van der Waals surface area contributed by atoms with Crippen molar-refractivity contribution in [1.29, 1.82) is 0 Å². The standard InChI is InChI=1S/C12H19NO3/c1-4-9(2)13(7-12(14)15)10(3)11-5-6-16-8-11/h5-6,8-10H,4,7H2,1-3H3,(H,14,15). The van der Waals surface area contributed by atoms with E-state index >= 15 is 0 Å². The summed E-state index contributed by atoms with van der Waals surface area (Å²) in [4.78, 5) is 12.8. The fourth-order valence-corrected chi connectivity index (χ4v) is 1.77. The van der Waals surface area contributed by atoms with Gasteiger partial charge in [0, 0.05) is 17.6 Å². The molecule has 1 N–H and O–H groups in total. The number of hydrogen-bond acceptors (Lipinski definition) is 3. The van der Waals surface area contributed by atoms with E-state index in [1.54, 1.807) is 12.5 Å². The van der Waals surface area contributed by atoms with E-state index in [-0.39, 0.29) is 18.6 Å². The van der Waals surface area contributed by atoms with Gasteiger partial charge in [0.15, 0.2) is 0 Å². The molecular weight excluding hydrogens is 206 g/mol. The second kappa shape index (κ2) is 5.70. The third kappa shape index (κ3) is 3.10. The van der Waals surface area contributed by atoms with Gasteiger partial charge in [0.25, 0.3) is 0 Å². The quantitative estimate of drug-likeness (QED) is 0.808. The van der Waals surface area contributed by atoms with E-state index in [9.17, 15) is 4.79 Å². The maximum Gasteiger partial charge on any atom is 0.317 e. The molecule has 0 saturated carbocycles. The van der Waals surface area contributed by atoms with Crippen molar-refractivity contribution >= 4 is 5.97 Å². The van der Waals surface area contributed by atoms with Gasteiger partial charge in [-0.1, -0.05) is 6.92 Å². The molecule has 0 aliphatic carbocycles. The van der Waals surface area contributed by atoms with Crippen molar-refractivity contribution < 1.29 is 14.3 Å². The summed E-state index contributed by atoms with van der Waals surface area (Å²) in [6.45, 7) is 6.16. The Kier molecular flexibility index (Phi) is 4.55. The smallest absolute Gasteiger partial charge is 0.317 e. The summed E-state index contributed by atoms with van der Waals surface area (Å²) in [5.41, 5.74) is 1.02. The molecule has 4 nitrogen and oxygen atoms in total. The molecule has 0 fully saturated rings. The highest BCUT2D eigenvalue weighted by Crippen LogP contribution is 2.23. The predicted molar refractivity (Wildman–Crippen MR) is 61.2 cm³/mol. The van der Waals surface area contributed by atoms with Crippen LogP contribution in [0.2, 0.25) is 0 Å². The Labute approximate surface area is 95.9 Å². The summed E-state index contributed by atoms with van der Waals surface area (Å²) < 4.78 is 5.03. The van der Waals surface area contributed by atoms with Crippen molar-refractivity contribution in [2.45, 2.75) is 39.3 Å². The summed E-state index contributed by atoms with van der Waals surface area (Å²) in [5, 5.41) is 8.91. The molecule has 0 spiro atoms. The van der Waals surface area contributed by atoms with Crippen LogP contribution in [0.1, 0.15) is 38.8 Å². The first-order valence-corrected chi connectivity index (χ1v) is 5.55. The zero-order valence-corrected chi connectivity index (χ0v) is 10.0. The second-order valence-corrected chi connectivity index (χ2v) is 4.06. The lowest BCUT2D eigenvalue weighted by atomic mass is 10.1. The molecule has 0 aromatic carbocycles. The zero-order valence-electron chi connectivity index (χ0n) is 10.0. The first-order valence-electron chi connectivity index (χ1n) is 5.55. The van der Waals surface area contributed by atoms with Gasteiger partial charge in [0.1, 0.15) is 0 Å². The van der Waals surface area contributed by atoms with Crippen LogP contribution in [-0.4, -0.2) is 28.6 Å². The summed E-state index contributed by atoms with van der Waals surface area (Å²) in [6, 6.07) is 2.17. The van der Waals surface area contributed by atoms with Gasteiger partial charge in [-0.15, -0.1) is 0 Å². The molecule has 0 aliphatic rings. The Hall–Kier alpha value is -1.29. The van der Waals surface area contributed by atoms with E-state index < -0.39 is 5.97 Å². The minimum Gasteiger partial charge on any atom is -0.480 e. The van der Waals surface area contributed by atoms with Crippen LogP contribution < -0.4 is 0 Å². The number of hydrogen-bond donors (Lipinski definition) is 1. The fraction of sp³-hybridized carbons (Fsp3) is 0.583. The van der Waals surface area contributed by atoms with E-state index in [4.69, 9.17) is 9.52 Å². The SMILES string of the molecule is CCC(C)N(CC(=O)O)C(C)c1ccoc1. The summed E-state index contributed by atoms with van der Waals surface area (Å²) in [7, 11) is 0. The lowest BCUT2D eigenvalue weighted by molar-refractivity contribution is -0.139. The third-order valence-electron chi connectivity index (χ3n) is 3.00. The number of nitrogens with zero attached hydrogens (tertiary/aromatic N) is 1. The van der Waals surface area contributed by atoms with Crippen LogP contribution in [0.15, 0.2) is 23.0 Å². The van der Waals surface area contributed by atoms with Gasteiger partial charge in [-0.2, -0.15) is 0 Å². The van der Waals surface area contributed by atoms with E-state index in [0.717, 1.165) is 12.0 Å². The average molecular weight is 225 g/mol. The Bertz CT molecular complexity index is 321. The molecule has 16 heavy (non-hydrogen) atoms. The van der Waals surface area contributed by atoms with Crippen molar-refractivity contribution in [2.75, 3.05) is 6.54 Å².